The first-order valence-corrected chi connectivity index (χ1v) is 8.38. The highest BCUT2D eigenvalue weighted by atomic mass is 16.5. The monoisotopic (exact) mass is 334 g/mol. The molecule has 1 aliphatic rings. The number of amides is 2. The van der Waals surface area contributed by atoms with Gasteiger partial charge in [0.25, 0.3) is 5.91 Å². The molecule has 0 atom stereocenters. The summed E-state index contributed by atoms with van der Waals surface area (Å²) in [4.78, 5) is 32.7. The number of ether oxygens (including phenoxy) is 1. The van der Waals surface area contributed by atoms with Crippen LogP contribution in [0.3, 0.4) is 0 Å². The Balaban J connectivity index is 2.16. The molecule has 1 saturated heterocycles. The molecular weight excluding hydrogens is 308 g/mol. The second-order valence-corrected chi connectivity index (χ2v) is 6.03. The van der Waals surface area contributed by atoms with E-state index in [4.69, 9.17) is 4.74 Å². The summed E-state index contributed by atoms with van der Waals surface area (Å²) in [7, 11) is 0. The smallest absolute Gasteiger partial charge is 0.256 e. The predicted octanol–water partition coefficient (Wildman–Crippen LogP) is 0.905. The zero-order valence-electron chi connectivity index (χ0n) is 14.6. The molecule has 0 bridgehead atoms. The van der Waals surface area contributed by atoms with Gasteiger partial charge in [-0.25, -0.2) is 0 Å². The van der Waals surface area contributed by atoms with Crippen LogP contribution < -0.4 is 10.2 Å². The molecular formula is C17H26N4O3. The fourth-order valence-electron chi connectivity index (χ4n) is 2.66. The Morgan fingerprint density at radius 2 is 2.08 bits per heavy atom. The summed E-state index contributed by atoms with van der Waals surface area (Å²) in [5.74, 6) is -0.303. The number of nitrogens with one attached hydrogen (secondary N) is 1. The predicted molar refractivity (Wildman–Crippen MR) is 92.1 cm³/mol. The van der Waals surface area contributed by atoms with Gasteiger partial charge in [-0.05, 0) is 26.8 Å². The lowest BCUT2D eigenvalue weighted by atomic mass is 10.1. The number of anilines is 1. The van der Waals surface area contributed by atoms with Crippen molar-refractivity contribution in [2.45, 2.75) is 26.8 Å². The molecule has 1 aliphatic heterocycles. The van der Waals surface area contributed by atoms with Crippen LogP contribution in [0.25, 0.3) is 0 Å². The van der Waals surface area contributed by atoms with E-state index in [0.717, 1.165) is 18.8 Å². The van der Waals surface area contributed by atoms with Gasteiger partial charge in [0.15, 0.2) is 0 Å². The van der Waals surface area contributed by atoms with Crippen molar-refractivity contribution < 1.29 is 14.3 Å². The highest BCUT2D eigenvalue weighted by Crippen LogP contribution is 2.21. The van der Waals surface area contributed by atoms with Crippen molar-refractivity contribution in [1.29, 1.82) is 0 Å². The fourth-order valence-corrected chi connectivity index (χ4v) is 2.66. The van der Waals surface area contributed by atoms with Crippen molar-refractivity contribution in [2.24, 2.45) is 0 Å². The van der Waals surface area contributed by atoms with E-state index in [1.807, 2.05) is 20.8 Å². The van der Waals surface area contributed by atoms with Gasteiger partial charge in [-0.1, -0.05) is 0 Å². The highest BCUT2D eigenvalue weighted by Gasteiger charge is 2.23. The molecule has 7 nitrogen and oxygen atoms in total. The lowest BCUT2D eigenvalue weighted by molar-refractivity contribution is -0.122. The standard InChI is InChI=1S/C17H26N4O3/c1-4-20(12-16(22)19-13(2)3)17(23)14-5-6-18-11-15(14)21-7-9-24-10-8-21/h5-6,11,13H,4,7-10,12H2,1-3H3,(H,19,22). The molecule has 1 aromatic heterocycles. The van der Waals surface area contributed by atoms with Gasteiger partial charge in [-0.15, -0.1) is 0 Å². The summed E-state index contributed by atoms with van der Waals surface area (Å²) in [5.41, 5.74) is 1.37. The molecule has 1 N–H and O–H groups in total. The number of morpholine rings is 1. The largest absolute Gasteiger partial charge is 0.378 e. The van der Waals surface area contributed by atoms with Crippen molar-refractivity contribution >= 4 is 17.5 Å². The molecule has 0 spiro atoms. The topological polar surface area (TPSA) is 74.8 Å². The number of aromatic nitrogens is 1. The molecule has 0 aliphatic carbocycles. The van der Waals surface area contributed by atoms with Crippen LogP contribution in [-0.2, 0) is 9.53 Å². The number of hydrogen-bond donors (Lipinski definition) is 1. The third-order valence-electron chi connectivity index (χ3n) is 3.84. The van der Waals surface area contributed by atoms with Gasteiger partial charge < -0.3 is 19.9 Å². The number of pyridine rings is 1. The third-order valence-corrected chi connectivity index (χ3v) is 3.84. The Labute approximate surface area is 143 Å². The third kappa shape index (κ3) is 4.67. The SMILES string of the molecule is CCN(CC(=O)NC(C)C)C(=O)c1ccncc1N1CCOCC1. The van der Waals surface area contributed by atoms with Crippen LogP contribution >= 0.6 is 0 Å². The van der Waals surface area contributed by atoms with Crippen LogP contribution in [0, 0.1) is 0 Å². The van der Waals surface area contributed by atoms with Gasteiger partial charge in [-0.3, -0.25) is 14.6 Å². The zero-order valence-corrected chi connectivity index (χ0v) is 14.6. The molecule has 0 aromatic carbocycles. The van der Waals surface area contributed by atoms with Crippen LogP contribution in [0.4, 0.5) is 5.69 Å². The maximum atomic E-state index is 12.9. The molecule has 2 heterocycles. The van der Waals surface area contributed by atoms with Crippen LogP contribution in [-0.4, -0.2) is 67.1 Å². The summed E-state index contributed by atoms with van der Waals surface area (Å²) in [5, 5.41) is 2.82. The second-order valence-electron chi connectivity index (χ2n) is 6.03. The Kier molecular flexibility index (Phi) is 6.54. The molecule has 7 heteroatoms. The average molecular weight is 334 g/mol. The van der Waals surface area contributed by atoms with Crippen LogP contribution in [0.5, 0.6) is 0 Å². The molecule has 132 valence electrons. The Morgan fingerprint density at radius 1 is 1.38 bits per heavy atom. The van der Waals surface area contributed by atoms with E-state index in [-0.39, 0.29) is 24.4 Å². The summed E-state index contributed by atoms with van der Waals surface area (Å²) in [6, 6.07) is 1.77. The lowest BCUT2D eigenvalue weighted by Crippen LogP contribution is -2.43. The van der Waals surface area contributed by atoms with Gasteiger partial charge in [-0.2, -0.15) is 0 Å². The molecule has 1 aromatic rings. The van der Waals surface area contributed by atoms with Gasteiger partial charge in [0.05, 0.1) is 37.2 Å². The summed E-state index contributed by atoms with van der Waals surface area (Å²) in [6.45, 7) is 8.92. The number of likely N-dealkylation sites (N-methyl/N-ethyl adjacent to an activating group) is 1. The van der Waals surface area contributed by atoms with Crippen molar-refractivity contribution in [3.63, 3.8) is 0 Å². The van der Waals surface area contributed by atoms with E-state index in [2.05, 4.69) is 15.2 Å². The first-order chi connectivity index (χ1) is 11.5. The maximum absolute atomic E-state index is 12.9. The molecule has 24 heavy (non-hydrogen) atoms. The van der Waals surface area contributed by atoms with Gasteiger partial charge in [0, 0.05) is 31.9 Å². The number of carbonyl (C=O) groups excluding carboxylic acids is 2. The number of rotatable bonds is 6. The zero-order chi connectivity index (χ0) is 17.5. The van der Waals surface area contributed by atoms with Crippen LogP contribution in [0.2, 0.25) is 0 Å². The van der Waals surface area contributed by atoms with E-state index in [1.54, 1.807) is 23.4 Å². The Bertz CT molecular complexity index is 571. The highest BCUT2D eigenvalue weighted by molar-refractivity contribution is 6.01. The Hall–Kier alpha value is -2.15. The van der Waals surface area contributed by atoms with Crippen LogP contribution in [0.1, 0.15) is 31.1 Å². The molecule has 1 fully saturated rings. The second kappa shape index (κ2) is 8.63. The van der Waals surface area contributed by atoms with Gasteiger partial charge in [0.2, 0.25) is 5.91 Å². The fraction of sp³-hybridized carbons (Fsp3) is 0.588. The minimum atomic E-state index is -0.153. The number of hydrogen-bond acceptors (Lipinski definition) is 5. The molecule has 0 unspecified atom stereocenters. The molecule has 0 radical (unpaired) electrons. The molecule has 2 amide bonds. The first-order valence-electron chi connectivity index (χ1n) is 8.38. The van der Waals surface area contributed by atoms with Crippen molar-refractivity contribution in [3.8, 4) is 0 Å². The Morgan fingerprint density at radius 3 is 2.71 bits per heavy atom. The van der Waals surface area contributed by atoms with Crippen LogP contribution in [0.15, 0.2) is 18.5 Å². The normalized spacial score (nSPS) is 14.6. The lowest BCUT2D eigenvalue weighted by Gasteiger charge is -2.31. The average Bonchev–Trinajstić information content (AvgIpc) is 2.59. The van der Waals surface area contributed by atoms with E-state index in [9.17, 15) is 9.59 Å². The van der Waals surface area contributed by atoms with Crippen molar-refractivity contribution in [1.82, 2.24) is 15.2 Å². The van der Waals surface area contributed by atoms with E-state index in [1.165, 1.54) is 0 Å². The molecule has 0 saturated carbocycles. The summed E-state index contributed by atoms with van der Waals surface area (Å²) >= 11 is 0. The van der Waals surface area contributed by atoms with Crippen molar-refractivity contribution in [3.05, 3.63) is 24.0 Å². The molecule has 2 rings (SSSR count). The van der Waals surface area contributed by atoms with E-state index < -0.39 is 0 Å². The first kappa shape index (κ1) is 18.2. The quantitative estimate of drug-likeness (QED) is 0.837. The maximum Gasteiger partial charge on any atom is 0.256 e. The minimum absolute atomic E-state index is 0.0520. The van der Waals surface area contributed by atoms with Gasteiger partial charge >= 0.3 is 0 Å². The minimum Gasteiger partial charge on any atom is -0.378 e. The summed E-state index contributed by atoms with van der Waals surface area (Å²) in [6.07, 6.45) is 3.32. The van der Waals surface area contributed by atoms with Crippen molar-refractivity contribution in [2.75, 3.05) is 44.3 Å². The van der Waals surface area contributed by atoms with E-state index >= 15 is 0 Å². The summed E-state index contributed by atoms with van der Waals surface area (Å²) < 4.78 is 5.37. The van der Waals surface area contributed by atoms with Gasteiger partial charge in [0.1, 0.15) is 0 Å². The van der Waals surface area contributed by atoms with E-state index in [0.29, 0.717) is 25.3 Å². The number of carbonyl (C=O) groups is 2. The number of nitrogens with zero attached hydrogens (tertiary/aromatic N) is 3.